The quantitative estimate of drug-likeness (QED) is 0.799. The highest BCUT2D eigenvalue weighted by Crippen LogP contribution is 2.43. The zero-order valence-electron chi connectivity index (χ0n) is 11.5. The van der Waals surface area contributed by atoms with Gasteiger partial charge in [-0.15, -0.1) is 0 Å². The van der Waals surface area contributed by atoms with E-state index in [1.165, 1.54) is 12.8 Å². The molecule has 2 rings (SSSR count). The van der Waals surface area contributed by atoms with Crippen LogP contribution in [0.5, 0.6) is 0 Å². The highest BCUT2D eigenvalue weighted by atomic mass is 16.2. The standard InChI is InChI=1S/C14H26N2O/c1-4-14(7-5-6-8-14)13(17)16-10-11(2)15-9-12(16)3/h11-12,15H,4-10H2,1-3H3. The maximum atomic E-state index is 12.8. The van der Waals surface area contributed by atoms with Crippen molar-refractivity contribution in [3.8, 4) is 0 Å². The van der Waals surface area contributed by atoms with E-state index in [2.05, 4.69) is 31.0 Å². The molecule has 3 nitrogen and oxygen atoms in total. The lowest BCUT2D eigenvalue weighted by Crippen LogP contribution is -2.59. The molecule has 98 valence electrons. The van der Waals surface area contributed by atoms with Gasteiger partial charge in [0.05, 0.1) is 0 Å². The van der Waals surface area contributed by atoms with Gasteiger partial charge < -0.3 is 10.2 Å². The fourth-order valence-corrected chi connectivity index (χ4v) is 3.38. The zero-order valence-corrected chi connectivity index (χ0v) is 11.5. The summed E-state index contributed by atoms with van der Waals surface area (Å²) in [5.41, 5.74) is -0.0225. The second-order valence-corrected chi connectivity index (χ2v) is 5.96. The summed E-state index contributed by atoms with van der Waals surface area (Å²) in [6.07, 6.45) is 5.68. The summed E-state index contributed by atoms with van der Waals surface area (Å²) in [4.78, 5) is 14.9. The summed E-state index contributed by atoms with van der Waals surface area (Å²) in [7, 11) is 0. The number of nitrogens with zero attached hydrogens (tertiary/aromatic N) is 1. The van der Waals surface area contributed by atoms with Crippen molar-refractivity contribution < 1.29 is 4.79 Å². The van der Waals surface area contributed by atoms with E-state index in [-0.39, 0.29) is 5.41 Å². The molecule has 1 N–H and O–H groups in total. The Balaban J connectivity index is 2.12. The van der Waals surface area contributed by atoms with Gasteiger partial charge in [-0.2, -0.15) is 0 Å². The van der Waals surface area contributed by atoms with Gasteiger partial charge >= 0.3 is 0 Å². The Hall–Kier alpha value is -0.570. The van der Waals surface area contributed by atoms with Crippen LogP contribution < -0.4 is 5.32 Å². The molecule has 1 heterocycles. The summed E-state index contributed by atoms with van der Waals surface area (Å²) in [5.74, 6) is 0.429. The molecule has 3 heteroatoms. The number of rotatable bonds is 2. The molecule has 17 heavy (non-hydrogen) atoms. The summed E-state index contributed by atoms with van der Waals surface area (Å²) >= 11 is 0. The minimum absolute atomic E-state index is 0.0225. The zero-order chi connectivity index (χ0) is 12.5. The number of carbonyl (C=O) groups excluding carboxylic acids is 1. The average molecular weight is 238 g/mol. The third kappa shape index (κ3) is 2.35. The summed E-state index contributed by atoms with van der Waals surface area (Å²) in [6, 6.07) is 0.785. The van der Waals surface area contributed by atoms with E-state index in [1.54, 1.807) is 0 Å². The Labute approximate surface area is 105 Å². The van der Waals surface area contributed by atoms with E-state index in [1.807, 2.05) is 0 Å². The predicted octanol–water partition coefficient (Wildman–Crippen LogP) is 2.17. The van der Waals surface area contributed by atoms with Gasteiger partial charge in [0, 0.05) is 30.6 Å². The molecule has 1 saturated carbocycles. The van der Waals surface area contributed by atoms with Crippen molar-refractivity contribution in [2.24, 2.45) is 5.41 Å². The van der Waals surface area contributed by atoms with Crippen LogP contribution in [0.2, 0.25) is 0 Å². The SMILES string of the molecule is CCC1(C(=O)N2CC(C)NCC2C)CCCC1. The lowest BCUT2D eigenvalue weighted by Gasteiger charge is -2.42. The third-order valence-electron chi connectivity index (χ3n) is 4.72. The normalized spacial score (nSPS) is 32.8. The first-order valence-corrected chi connectivity index (χ1v) is 7.13. The van der Waals surface area contributed by atoms with Crippen LogP contribution in [0, 0.1) is 5.41 Å². The highest BCUT2D eigenvalue weighted by Gasteiger charge is 2.43. The molecule has 1 saturated heterocycles. The first kappa shape index (κ1) is 12.9. The molecule has 2 atom stereocenters. The molecule has 2 unspecified atom stereocenters. The molecular weight excluding hydrogens is 212 g/mol. The van der Waals surface area contributed by atoms with E-state index in [4.69, 9.17) is 0 Å². The van der Waals surface area contributed by atoms with Gasteiger partial charge in [0.25, 0.3) is 0 Å². The molecule has 2 fully saturated rings. The van der Waals surface area contributed by atoms with Gasteiger partial charge in [0.15, 0.2) is 0 Å². The number of carbonyl (C=O) groups is 1. The molecule has 0 aromatic carbocycles. The minimum atomic E-state index is -0.0225. The second kappa shape index (κ2) is 4.97. The maximum Gasteiger partial charge on any atom is 0.229 e. The Morgan fingerprint density at radius 3 is 2.59 bits per heavy atom. The average Bonchev–Trinajstić information content (AvgIpc) is 2.81. The van der Waals surface area contributed by atoms with E-state index >= 15 is 0 Å². The number of nitrogens with one attached hydrogen (secondary N) is 1. The first-order chi connectivity index (χ1) is 8.09. The van der Waals surface area contributed by atoms with Crippen LogP contribution in [0.3, 0.4) is 0 Å². The number of amides is 1. The monoisotopic (exact) mass is 238 g/mol. The van der Waals surface area contributed by atoms with Crippen LogP contribution in [0.15, 0.2) is 0 Å². The fraction of sp³-hybridized carbons (Fsp3) is 0.929. The fourth-order valence-electron chi connectivity index (χ4n) is 3.38. The number of piperazine rings is 1. The van der Waals surface area contributed by atoms with Gasteiger partial charge in [0.1, 0.15) is 0 Å². The largest absolute Gasteiger partial charge is 0.337 e. The van der Waals surface area contributed by atoms with Crippen LogP contribution in [0.25, 0.3) is 0 Å². The van der Waals surface area contributed by atoms with Crippen LogP contribution in [-0.2, 0) is 4.79 Å². The minimum Gasteiger partial charge on any atom is -0.337 e. The molecule has 2 aliphatic rings. The second-order valence-electron chi connectivity index (χ2n) is 5.96. The molecular formula is C14H26N2O. The van der Waals surface area contributed by atoms with Crippen molar-refractivity contribution in [3.63, 3.8) is 0 Å². The predicted molar refractivity (Wildman–Crippen MR) is 69.8 cm³/mol. The van der Waals surface area contributed by atoms with Crippen molar-refractivity contribution in [1.82, 2.24) is 10.2 Å². The molecule has 0 aromatic heterocycles. The summed E-state index contributed by atoms with van der Waals surface area (Å²) in [5, 5.41) is 3.44. The topological polar surface area (TPSA) is 32.3 Å². The summed E-state index contributed by atoms with van der Waals surface area (Å²) < 4.78 is 0. The molecule has 1 aliphatic carbocycles. The molecule has 0 radical (unpaired) electrons. The van der Waals surface area contributed by atoms with Gasteiger partial charge in [-0.1, -0.05) is 19.8 Å². The Bertz CT molecular complexity index is 284. The van der Waals surface area contributed by atoms with Crippen LogP contribution in [0.4, 0.5) is 0 Å². The van der Waals surface area contributed by atoms with E-state index in [0.29, 0.717) is 18.0 Å². The molecule has 0 aromatic rings. The lowest BCUT2D eigenvalue weighted by atomic mass is 9.81. The maximum absolute atomic E-state index is 12.8. The smallest absolute Gasteiger partial charge is 0.229 e. The van der Waals surface area contributed by atoms with Crippen molar-refractivity contribution >= 4 is 5.91 Å². The van der Waals surface area contributed by atoms with Crippen molar-refractivity contribution in [3.05, 3.63) is 0 Å². The van der Waals surface area contributed by atoms with Crippen LogP contribution in [0.1, 0.15) is 52.9 Å². The van der Waals surface area contributed by atoms with Crippen molar-refractivity contribution in [1.29, 1.82) is 0 Å². The Kier molecular flexibility index (Phi) is 3.76. The highest BCUT2D eigenvalue weighted by molar-refractivity contribution is 5.83. The van der Waals surface area contributed by atoms with Crippen molar-refractivity contribution in [2.45, 2.75) is 65.0 Å². The molecule has 0 spiro atoms. The molecule has 0 bridgehead atoms. The number of hydrogen-bond donors (Lipinski definition) is 1. The Morgan fingerprint density at radius 1 is 1.35 bits per heavy atom. The van der Waals surface area contributed by atoms with Gasteiger partial charge in [-0.3, -0.25) is 4.79 Å². The van der Waals surface area contributed by atoms with Gasteiger partial charge in [-0.05, 0) is 33.1 Å². The molecule has 1 aliphatic heterocycles. The summed E-state index contributed by atoms with van der Waals surface area (Å²) in [6.45, 7) is 8.32. The van der Waals surface area contributed by atoms with E-state index in [9.17, 15) is 4.79 Å². The van der Waals surface area contributed by atoms with E-state index < -0.39 is 0 Å². The van der Waals surface area contributed by atoms with Gasteiger partial charge in [-0.25, -0.2) is 0 Å². The van der Waals surface area contributed by atoms with Gasteiger partial charge in [0.2, 0.25) is 5.91 Å². The first-order valence-electron chi connectivity index (χ1n) is 7.13. The number of hydrogen-bond acceptors (Lipinski definition) is 2. The Morgan fingerprint density at radius 2 is 2.00 bits per heavy atom. The van der Waals surface area contributed by atoms with Crippen LogP contribution in [-0.4, -0.2) is 36.0 Å². The lowest BCUT2D eigenvalue weighted by molar-refractivity contribution is -0.145. The molecule has 1 amide bonds. The van der Waals surface area contributed by atoms with E-state index in [0.717, 1.165) is 32.4 Å². The third-order valence-corrected chi connectivity index (χ3v) is 4.72. The van der Waals surface area contributed by atoms with Crippen molar-refractivity contribution in [2.75, 3.05) is 13.1 Å². The van der Waals surface area contributed by atoms with Crippen LogP contribution >= 0.6 is 0 Å².